The summed E-state index contributed by atoms with van der Waals surface area (Å²) in [6, 6.07) is 1.74. The maximum Gasteiger partial charge on any atom is 0.0808 e. The molecule has 0 saturated carbocycles. The van der Waals surface area contributed by atoms with Crippen LogP contribution in [0, 0.1) is 0 Å². The van der Waals surface area contributed by atoms with Crippen molar-refractivity contribution in [2.75, 3.05) is 0 Å². The lowest BCUT2D eigenvalue weighted by Crippen LogP contribution is -1.98. The fourth-order valence-electron chi connectivity index (χ4n) is 1.19. The van der Waals surface area contributed by atoms with E-state index in [2.05, 4.69) is 11.6 Å². The van der Waals surface area contributed by atoms with Crippen molar-refractivity contribution in [3.8, 4) is 0 Å². The number of halogens is 1. The second-order valence-electron chi connectivity index (χ2n) is 3.41. The zero-order chi connectivity index (χ0) is 10.6. The van der Waals surface area contributed by atoms with Crippen LogP contribution >= 0.6 is 11.6 Å². The number of hydrogen-bond donors (Lipinski definition) is 1. The molecular weight excluding hydrogens is 198 g/mol. The van der Waals surface area contributed by atoms with Crippen molar-refractivity contribution < 1.29 is 5.11 Å². The zero-order valence-electron chi connectivity index (χ0n) is 8.20. The molecule has 1 aromatic rings. The summed E-state index contributed by atoms with van der Waals surface area (Å²) in [4.78, 5) is 3.86. The van der Waals surface area contributed by atoms with Crippen LogP contribution in [-0.2, 0) is 0 Å². The van der Waals surface area contributed by atoms with Gasteiger partial charge in [0.1, 0.15) is 0 Å². The third-order valence-electron chi connectivity index (χ3n) is 2.01. The number of allylic oxidation sites excluding steroid dienone is 1. The molecule has 0 saturated heterocycles. The number of aliphatic hydroxyl groups is 1. The van der Waals surface area contributed by atoms with E-state index in [-0.39, 0.29) is 0 Å². The highest BCUT2D eigenvalue weighted by molar-refractivity contribution is 6.31. The van der Waals surface area contributed by atoms with Gasteiger partial charge in [0, 0.05) is 18.0 Å². The highest BCUT2D eigenvalue weighted by Gasteiger charge is 2.10. The molecule has 1 atom stereocenters. The summed E-state index contributed by atoms with van der Waals surface area (Å²) in [5.41, 5.74) is 1.80. The molecule has 1 aromatic heterocycles. The fraction of sp³-hybridized carbons (Fsp3) is 0.364. The molecule has 2 nitrogen and oxygen atoms in total. The Hall–Kier alpha value is -0.860. The van der Waals surface area contributed by atoms with Gasteiger partial charge in [-0.3, -0.25) is 4.98 Å². The van der Waals surface area contributed by atoms with E-state index in [1.807, 2.05) is 6.92 Å². The first kappa shape index (κ1) is 11.2. The van der Waals surface area contributed by atoms with Gasteiger partial charge in [-0.1, -0.05) is 17.2 Å². The molecule has 3 heteroatoms. The first-order chi connectivity index (χ1) is 6.61. The van der Waals surface area contributed by atoms with Crippen LogP contribution in [0.4, 0.5) is 0 Å². The molecule has 1 heterocycles. The fourth-order valence-corrected chi connectivity index (χ4v) is 1.44. The predicted molar refractivity (Wildman–Crippen MR) is 58.3 cm³/mol. The summed E-state index contributed by atoms with van der Waals surface area (Å²) in [6.45, 7) is 5.73. The Morgan fingerprint density at radius 3 is 3.00 bits per heavy atom. The Bertz CT molecular complexity index is 325. The SMILES string of the molecule is C=C(C)CCC(O)c1ccncc1Cl. The van der Waals surface area contributed by atoms with Gasteiger partial charge >= 0.3 is 0 Å². The summed E-state index contributed by atoms with van der Waals surface area (Å²) in [5, 5.41) is 10.3. The number of aliphatic hydroxyl groups excluding tert-OH is 1. The average molecular weight is 212 g/mol. The summed E-state index contributed by atoms with van der Waals surface area (Å²) in [5.74, 6) is 0. The highest BCUT2D eigenvalue weighted by Crippen LogP contribution is 2.25. The van der Waals surface area contributed by atoms with Crippen molar-refractivity contribution in [1.29, 1.82) is 0 Å². The van der Waals surface area contributed by atoms with Gasteiger partial charge in [0.15, 0.2) is 0 Å². The summed E-state index contributed by atoms with van der Waals surface area (Å²) in [6.07, 6.45) is 4.10. The molecule has 0 aliphatic carbocycles. The topological polar surface area (TPSA) is 33.1 Å². The minimum absolute atomic E-state index is 0.515. The van der Waals surface area contributed by atoms with E-state index >= 15 is 0 Å². The number of nitrogens with zero attached hydrogens (tertiary/aromatic N) is 1. The third kappa shape index (κ3) is 3.13. The van der Waals surface area contributed by atoms with Crippen LogP contribution in [0.15, 0.2) is 30.6 Å². The molecule has 0 bridgehead atoms. The van der Waals surface area contributed by atoms with Gasteiger partial charge in [0.05, 0.1) is 11.1 Å². The summed E-state index contributed by atoms with van der Waals surface area (Å²) >= 11 is 5.89. The van der Waals surface area contributed by atoms with Crippen LogP contribution in [-0.4, -0.2) is 10.1 Å². The van der Waals surface area contributed by atoms with Crippen LogP contribution in [0.2, 0.25) is 5.02 Å². The van der Waals surface area contributed by atoms with Crippen molar-refractivity contribution in [3.05, 3.63) is 41.2 Å². The van der Waals surface area contributed by atoms with E-state index in [0.29, 0.717) is 11.4 Å². The van der Waals surface area contributed by atoms with Crippen LogP contribution < -0.4 is 0 Å². The van der Waals surface area contributed by atoms with Crippen LogP contribution in [0.5, 0.6) is 0 Å². The molecule has 0 aliphatic heterocycles. The van der Waals surface area contributed by atoms with Gasteiger partial charge < -0.3 is 5.11 Å². The molecule has 0 aromatic carbocycles. The number of hydrogen-bond acceptors (Lipinski definition) is 2. The van der Waals surface area contributed by atoms with E-state index in [0.717, 1.165) is 17.6 Å². The molecule has 1 N–H and O–H groups in total. The number of rotatable bonds is 4. The first-order valence-corrected chi connectivity index (χ1v) is 4.91. The van der Waals surface area contributed by atoms with Crippen LogP contribution in [0.1, 0.15) is 31.4 Å². The van der Waals surface area contributed by atoms with E-state index in [4.69, 9.17) is 11.6 Å². The van der Waals surface area contributed by atoms with Crippen LogP contribution in [0.25, 0.3) is 0 Å². The minimum atomic E-state index is -0.526. The zero-order valence-corrected chi connectivity index (χ0v) is 8.96. The Kier molecular flexibility index (Phi) is 4.11. The van der Waals surface area contributed by atoms with Gasteiger partial charge in [-0.25, -0.2) is 0 Å². The Balaban J connectivity index is 2.65. The predicted octanol–water partition coefficient (Wildman–Crippen LogP) is 3.12. The molecule has 0 radical (unpaired) electrons. The molecule has 0 amide bonds. The van der Waals surface area contributed by atoms with Crippen LogP contribution in [0.3, 0.4) is 0 Å². The number of pyridine rings is 1. The molecule has 0 fully saturated rings. The second kappa shape index (κ2) is 5.13. The van der Waals surface area contributed by atoms with Crippen molar-refractivity contribution >= 4 is 11.6 Å². The quantitative estimate of drug-likeness (QED) is 0.777. The van der Waals surface area contributed by atoms with Gasteiger partial charge in [0.2, 0.25) is 0 Å². The Labute approximate surface area is 89.2 Å². The van der Waals surface area contributed by atoms with E-state index in [1.54, 1.807) is 18.5 Å². The molecule has 0 spiro atoms. The molecule has 1 unspecified atom stereocenters. The molecule has 14 heavy (non-hydrogen) atoms. The maximum absolute atomic E-state index is 9.80. The van der Waals surface area contributed by atoms with E-state index in [9.17, 15) is 5.11 Å². The lowest BCUT2D eigenvalue weighted by Gasteiger charge is -2.11. The van der Waals surface area contributed by atoms with E-state index in [1.165, 1.54) is 0 Å². The minimum Gasteiger partial charge on any atom is -0.388 e. The molecular formula is C11H14ClNO. The Morgan fingerprint density at radius 1 is 1.71 bits per heavy atom. The lowest BCUT2D eigenvalue weighted by molar-refractivity contribution is 0.168. The molecule has 76 valence electrons. The number of aromatic nitrogens is 1. The highest BCUT2D eigenvalue weighted by atomic mass is 35.5. The van der Waals surface area contributed by atoms with Crippen molar-refractivity contribution in [1.82, 2.24) is 4.98 Å². The van der Waals surface area contributed by atoms with Gasteiger partial charge in [-0.15, -0.1) is 6.58 Å². The summed E-state index contributed by atoms with van der Waals surface area (Å²) < 4.78 is 0. The maximum atomic E-state index is 9.80. The monoisotopic (exact) mass is 211 g/mol. The largest absolute Gasteiger partial charge is 0.388 e. The van der Waals surface area contributed by atoms with E-state index < -0.39 is 6.10 Å². The van der Waals surface area contributed by atoms with Gasteiger partial charge in [0.25, 0.3) is 0 Å². The first-order valence-electron chi connectivity index (χ1n) is 4.53. The summed E-state index contributed by atoms with van der Waals surface area (Å²) in [7, 11) is 0. The Morgan fingerprint density at radius 2 is 2.43 bits per heavy atom. The van der Waals surface area contributed by atoms with Crippen molar-refractivity contribution in [2.24, 2.45) is 0 Å². The molecule has 1 rings (SSSR count). The molecule has 0 aliphatic rings. The van der Waals surface area contributed by atoms with Crippen molar-refractivity contribution in [3.63, 3.8) is 0 Å². The normalized spacial score (nSPS) is 12.5. The second-order valence-corrected chi connectivity index (χ2v) is 3.82. The van der Waals surface area contributed by atoms with Gasteiger partial charge in [-0.05, 0) is 25.8 Å². The van der Waals surface area contributed by atoms with Gasteiger partial charge in [-0.2, -0.15) is 0 Å². The lowest BCUT2D eigenvalue weighted by atomic mass is 10.0. The smallest absolute Gasteiger partial charge is 0.0808 e. The van der Waals surface area contributed by atoms with Crippen molar-refractivity contribution in [2.45, 2.75) is 25.9 Å². The third-order valence-corrected chi connectivity index (χ3v) is 2.32. The average Bonchev–Trinajstić information content (AvgIpc) is 2.15. The standard InChI is InChI=1S/C11H14ClNO/c1-8(2)3-4-11(14)9-5-6-13-7-10(9)12/h5-7,11,14H,1,3-4H2,2H3.